The van der Waals surface area contributed by atoms with Gasteiger partial charge in [-0.25, -0.2) is 0 Å². The van der Waals surface area contributed by atoms with Crippen molar-refractivity contribution in [2.75, 3.05) is 4.90 Å². The van der Waals surface area contributed by atoms with Gasteiger partial charge in [-0.05, 0) is 126 Å². The van der Waals surface area contributed by atoms with Crippen molar-refractivity contribution in [3.63, 3.8) is 0 Å². The van der Waals surface area contributed by atoms with Gasteiger partial charge in [0.1, 0.15) is 11.5 Å². The molecule has 1 spiro atoms. The Morgan fingerprint density at radius 2 is 0.924 bits per heavy atom. The molecule has 322 valence electrons. The van der Waals surface area contributed by atoms with Crippen LogP contribution in [-0.2, 0) is 21.7 Å². The number of benzene rings is 9. The molecule has 0 saturated heterocycles. The van der Waals surface area contributed by atoms with Crippen molar-refractivity contribution in [2.45, 2.75) is 77.0 Å². The number of nitrogens with zero attached hydrogens (tertiary/aromatic N) is 1. The lowest BCUT2D eigenvalue weighted by molar-refractivity contribution is 0.433. The van der Waals surface area contributed by atoms with Gasteiger partial charge < -0.3 is 9.64 Å². The number of hydrogen-bond acceptors (Lipinski definition) is 2. The van der Waals surface area contributed by atoms with Crippen LogP contribution in [0.2, 0.25) is 0 Å². The minimum Gasteiger partial charge on any atom is -0.457 e. The van der Waals surface area contributed by atoms with E-state index in [0.29, 0.717) is 0 Å². The zero-order chi connectivity index (χ0) is 45.3. The average molecular weight is 854 g/mol. The number of para-hydroxylation sites is 1. The molecule has 2 nitrogen and oxygen atoms in total. The number of anilines is 3. The normalized spacial score (nSPS) is 14.7. The first-order chi connectivity index (χ1) is 31.8. The van der Waals surface area contributed by atoms with Crippen LogP contribution < -0.4 is 9.64 Å². The molecule has 3 aliphatic rings. The fourth-order valence-electron chi connectivity index (χ4n) is 11.7. The van der Waals surface area contributed by atoms with Gasteiger partial charge in [-0.15, -0.1) is 0 Å². The summed E-state index contributed by atoms with van der Waals surface area (Å²) >= 11 is 0. The van der Waals surface area contributed by atoms with Gasteiger partial charge in [-0.2, -0.15) is 0 Å². The third-order valence-electron chi connectivity index (χ3n) is 15.1. The van der Waals surface area contributed by atoms with Crippen LogP contribution in [0.15, 0.2) is 188 Å². The molecule has 0 fully saturated rings. The Balaban J connectivity index is 1.20. The van der Waals surface area contributed by atoms with Crippen molar-refractivity contribution >= 4 is 27.8 Å². The largest absolute Gasteiger partial charge is 0.457 e. The molecule has 0 aromatic heterocycles. The van der Waals surface area contributed by atoms with E-state index in [4.69, 9.17) is 4.74 Å². The molecule has 66 heavy (non-hydrogen) atoms. The quantitative estimate of drug-likeness (QED) is 0.175. The zero-order valence-corrected chi connectivity index (χ0v) is 39.3. The van der Waals surface area contributed by atoms with E-state index in [9.17, 15) is 0 Å². The molecule has 9 aromatic carbocycles. The van der Waals surface area contributed by atoms with E-state index in [2.05, 4.69) is 248 Å². The molecule has 0 unspecified atom stereocenters. The summed E-state index contributed by atoms with van der Waals surface area (Å²) in [5.41, 5.74) is 20.2. The minimum absolute atomic E-state index is 0.0737. The Labute approximate surface area is 390 Å². The van der Waals surface area contributed by atoms with E-state index in [-0.39, 0.29) is 16.2 Å². The molecule has 0 radical (unpaired) electrons. The van der Waals surface area contributed by atoms with Crippen molar-refractivity contribution in [3.05, 3.63) is 233 Å². The SMILES string of the molecule is CC(C)(C)c1ccc2c(c1)C1(c3cc(C(C)(C)C)ccc3O2)c2ccccc2-c2c(N(c3ccc4c(c3)C(C)(C)c3ccccc3-4)c3ccccc3-c3cccc4ccccc34)cccc21. The van der Waals surface area contributed by atoms with Crippen LogP contribution in [0.25, 0.3) is 44.2 Å². The summed E-state index contributed by atoms with van der Waals surface area (Å²) in [7, 11) is 0. The number of rotatable bonds is 4. The van der Waals surface area contributed by atoms with Crippen LogP contribution in [0.1, 0.15) is 99.9 Å². The van der Waals surface area contributed by atoms with Gasteiger partial charge in [0, 0.05) is 33.4 Å². The first-order valence-electron chi connectivity index (χ1n) is 23.6. The molecular weight excluding hydrogens is 799 g/mol. The van der Waals surface area contributed by atoms with Crippen molar-refractivity contribution < 1.29 is 4.74 Å². The maximum atomic E-state index is 7.02. The average Bonchev–Trinajstić information content (AvgIpc) is 3.74. The third kappa shape index (κ3) is 5.73. The summed E-state index contributed by atoms with van der Waals surface area (Å²) in [5.74, 6) is 1.82. The molecule has 0 atom stereocenters. The Morgan fingerprint density at radius 1 is 0.394 bits per heavy atom. The first-order valence-corrected chi connectivity index (χ1v) is 23.6. The molecule has 12 rings (SSSR count). The van der Waals surface area contributed by atoms with Gasteiger partial charge in [-0.1, -0.05) is 195 Å². The summed E-state index contributed by atoms with van der Waals surface area (Å²) in [4.78, 5) is 2.57. The maximum Gasteiger partial charge on any atom is 0.132 e. The monoisotopic (exact) mass is 853 g/mol. The van der Waals surface area contributed by atoms with Gasteiger partial charge in [0.15, 0.2) is 0 Å². The van der Waals surface area contributed by atoms with E-state index in [1.54, 1.807) is 0 Å². The standard InChI is InChI=1S/C64H55NO/c1-61(2,3)41-31-35-58-54(37-41)64(55-38-42(62(4,5)6)32-36-59(55)66-58)51-27-15-12-24-49(51)60-52(64)28-18-30-57(60)65(43-33-34-47-46-22-11-14-26-50(46)63(7,8)53(47)39-43)56-29-16-13-23-48(56)45-25-17-20-40-19-9-10-21-44(40)45/h9-39H,1-8H3. The van der Waals surface area contributed by atoms with Gasteiger partial charge in [0.25, 0.3) is 0 Å². The van der Waals surface area contributed by atoms with E-state index >= 15 is 0 Å². The summed E-state index contributed by atoms with van der Waals surface area (Å²) in [6, 6.07) is 70.8. The molecule has 0 N–H and O–H groups in total. The summed E-state index contributed by atoms with van der Waals surface area (Å²) < 4.78 is 7.02. The van der Waals surface area contributed by atoms with E-state index in [1.165, 1.54) is 88.7 Å². The lowest BCUT2D eigenvalue weighted by Gasteiger charge is -2.41. The van der Waals surface area contributed by atoms with Gasteiger partial charge >= 0.3 is 0 Å². The van der Waals surface area contributed by atoms with Crippen LogP contribution >= 0.6 is 0 Å². The van der Waals surface area contributed by atoms with Crippen LogP contribution in [0.4, 0.5) is 17.1 Å². The van der Waals surface area contributed by atoms with E-state index in [1.807, 2.05) is 0 Å². The predicted octanol–water partition coefficient (Wildman–Crippen LogP) is 17.3. The molecule has 1 heterocycles. The Kier molecular flexibility index (Phi) is 8.66. The Hall–Kier alpha value is -7.16. The summed E-state index contributed by atoms with van der Waals surface area (Å²) in [6.45, 7) is 18.6. The predicted molar refractivity (Wildman–Crippen MR) is 276 cm³/mol. The molecule has 1 aliphatic heterocycles. The smallest absolute Gasteiger partial charge is 0.132 e. The number of ether oxygens (including phenoxy) is 1. The highest BCUT2D eigenvalue weighted by Gasteiger charge is 2.53. The molecular formula is C64H55NO. The van der Waals surface area contributed by atoms with Gasteiger partial charge in [0.05, 0.1) is 16.8 Å². The third-order valence-corrected chi connectivity index (χ3v) is 15.1. The molecule has 2 aliphatic carbocycles. The highest BCUT2D eigenvalue weighted by atomic mass is 16.5. The van der Waals surface area contributed by atoms with E-state index in [0.717, 1.165) is 28.6 Å². The molecule has 2 heteroatoms. The van der Waals surface area contributed by atoms with E-state index < -0.39 is 5.41 Å². The van der Waals surface area contributed by atoms with Gasteiger partial charge in [-0.3, -0.25) is 0 Å². The topological polar surface area (TPSA) is 12.5 Å². The highest BCUT2D eigenvalue weighted by molar-refractivity contribution is 6.04. The van der Waals surface area contributed by atoms with Gasteiger partial charge in [0.2, 0.25) is 0 Å². The lowest BCUT2D eigenvalue weighted by atomic mass is 9.64. The highest BCUT2D eigenvalue weighted by Crippen LogP contribution is 2.65. The van der Waals surface area contributed by atoms with Crippen LogP contribution in [0.3, 0.4) is 0 Å². The lowest BCUT2D eigenvalue weighted by Crippen LogP contribution is -2.33. The van der Waals surface area contributed by atoms with Crippen LogP contribution in [-0.4, -0.2) is 0 Å². The Bertz CT molecular complexity index is 3390. The molecule has 0 saturated carbocycles. The van der Waals surface area contributed by atoms with Crippen molar-refractivity contribution in [3.8, 4) is 44.9 Å². The summed E-state index contributed by atoms with van der Waals surface area (Å²) in [6.07, 6.45) is 0. The van der Waals surface area contributed by atoms with Crippen LogP contribution in [0.5, 0.6) is 11.5 Å². The molecule has 0 bridgehead atoms. The molecule has 9 aromatic rings. The number of fused-ring (bicyclic) bond motifs is 13. The first kappa shape index (κ1) is 40.4. The van der Waals surface area contributed by atoms with Crippen molar-refractivity contribution in [2.24, 2.45) is 0 Å². The van der Waals surface area contributed by atoms with Crippen LogP contribution in [0, 0.1) is 0 Å². The number of hydrogen-bond donors (Lipinski definition) is 0. The second kappa shape index (κ2) is 14.2. The second-order valence-electron chi connectivity index (χ2n) is 21.3. The van der Waals surface area contributed by atoms with Crippen molar-refractivity contribution in [1.29, 1.82) is 0 Å². The fraction of sp³-hybridized carbons (Fsp3) is 0.188. The van der Waals surface area contributed by atoms with Crippen molar-refractivity contribution in [1.82, 2.24) is 0 Å². The maximum absolute atomic E-state index is 7.02. The second-order valence-corrected chi connectivity index (χ2v) is 21.3. The molecule has 0 amide bonds. The zero-order valence-electron chi connectivity index (χ0n) is 39.3. The fourth-order valence-corrected chi connectivity index (χ4v) is 11.7. The Morgan fingerprint density at radius 3 is 1.64 bits per heavy atom. The summed E-state index contributed by atoms with van der Waals surface area (Å²) in [5, 5.41) is 2.46. The minimum atomic E-state index is -0.657.